The van der Waals surface area contributed by atoms with Crippen LogP contribution in [-0.4, -0.2) is 15.8 Å². The van der Waals surface area contributed by atoms with E-state index in [-0.39, 0.29) is 0 Å². The Kier molecular flexibility index (Phi) is 4.71. The van der Waals surface area contributed by atoms with Gasteiger partial charge >= 0.3 is 0 Å². The third kappa shape index (κ3) is 3.64. The maximum Gasteiger partial charge on any atom is 0.114 e. The Bertz CT molecular complexity index is 517. The van der Waals surface area contributed by atoms with Gasteiger partial charge in [-0.05, 0) is 19.1 Å². The molecule has 4 nitrogen and oxygen atoms in total. The Hall–Kier alpha value is -1.20. The highest BCUT2D eigenvalue weighted by Crippen LogP contribution is 2.28. The van der Waals surface area contributed by atoms with Gasteiger partial charge in [-0.1, -0.05) is 25.6 Å². The van der Waals surface area contributed by atoms with E-state index in [1.165, 1.54) is 10.6 Å². The summed E-state index contributed by atoms with van der Waals surface area (Å²) in [5.41, 5.74) is 2.38. The molecule has 2 heterocycles. The van der Waals surface area contributed by atoms with E-state index in [4.69, 9.17) is 4.42 Å². The van der Waals surface area contributed by atoms with Crippen LogP contribution in [-0.2, 0) is 19.3 Å². The Labute approximate surface area is 118 Å². The van der Waals surface area contributed by atoms with Crippen molar-refractivity contribution >= 4 is 11.8 Å². The van der Waals surface area contributed by atoms with Gasteiger partial charge in [0.15, 0.2) is 0 Å². The lowest BCUT2D eigenvalue weighted by Crippen LogP contribution is -2.22. The van der Waals surface area contributed by atoms with E-state index in [2.05, 4.69) is 31.2 Å². The van der Waals surface area contributed by atoms with Gasteiger partial charge in [0.1, 0.15) is 5.76 Å². The van der Waals surface area contributed by atoms with Gasteiger partial charge < -0.3 is 9.73 Å². The molecule has 0 atom stereocenters. The number of hydrogen-bond acceptors (Lipinski definition) is 4. The van der Waals surface area contributed by atoms with Crippen molar-refractivity contribution in [1.29, 1.82) is 0 Å². The standard InChI is InChI=1S/C14H21N3OS/c1-10(2)15-8-13-11(3)16-17(4)14(13)19-9-12-6-5-7-18-12/h5-7,10,15H,8-9H2,1-4H3. The van der Waals surface area contributed by atoms with Gasteiger partial charge in [0.2, 0.25) is 0 Å². The summed E-state index contributed by atoms with van der Waals surface area (Å²) in [4.78, 5) is 0. The number of hydrogen-bond donors (Lipinski definition) is 1. The first-order valence-corrected chi connectivity index (χ1v) is 7.47. The molecule has 1 N–H and O–H groups in total. The van der Waals surface area contributed by atoms with Crippen LogP contribution in [0.15, 0.2) is 27.8 Å². The third-order valence-electron chi connectivity index (χ3n) is 2.91. The van der Waals surface area contributed by atoms with Crippen molar-refractivity contribution in [2.45, 2.75) is 44.1 Å². The van der Waals surface area contributed by atoms with Gasteiger partial charge in [0.05, 0.1) is 22.7 Å². The first-order valence-electron chi connectivity index (χ1n) is 6.49. The fourth-order valence-corrected chi connectivity index (χ4v) is 2.97. The molecule has 0 aliphatic heterocycles. The van der Waals surface area contributed by atoms with Crippen LogP contribution in [0, 0.1) is 6.92 Å². The second kappa shape index (κ2) is 6.30. The molecule has 0 saturated heterocycles. The maximum atomic E-state index is 5.37. The maximum absolute atomic E-state index is 5.37. The first-order chi connectivity index (χ1) is 9.08. The highest BCUT2D eigenvalue weighted by Gasteiger charge is 2.14. The molecule has 2 rings (SSSR count). The second-order valence-electron chi connectivity index (χ2n) is 4.90. The van der Waals surface area contributed by atoms with Crippen LogP contribution in [0.1, 0.15) is 30.9 Å². The summed E-state index contributed by atoms with van der Waals surface area (Å²) in [7, 11) is 2.00. The Balaban J connectivity index is 2.09. The number of nitrogens with one attached hydrogen (secondary N) is 1. The van der Waals surface area contributed by atoms with Gasteiger partial charge in [0, 0.05) is 25.2 Å². The van der Waals surface area contributed by atoms with Crippen molar-refractivity contribution in [1.82, 2.24) is 15.1 Å². The summed E-state index contributed by atoms with van der Waals surface area (Å²) in [6.45, 7) is 7.23. The van der Waals surface area contributed by atoms with E-state index < -0.39 is 0 Å². The smallest absolute Gasteiger partial charge is 0.114 e. The van der Waals surface area contributed by atoms with Crippen molar-refractivity contribution in [3.8, 4) is 0 Å². The zero-order valence-corrected chi connectivity index (χ0v) is 12.8. The van der Waals surface area contributed by atoms with E-state index in [9.17, 15) is 0 Å². The lowest BCUT2D eigenvalue weighted by Gasteiger charge is -2.09. The molecule has 0 amide bonds. The number of thioether (sulfide) groups is 1. The van der Waals surface area contributed by atoms with Crippen LogP contribution in [0.2, 0.25) is 0 Å². The summed E-state index contributed by atoms with van der Waals surface area (Å²) in [5.74, 6) is 1.83. The van der Waals surface area contributed by atoms with Gasteiger partial charge in [0.25, 0.3) is 0 Å². The average Bonchev–Trinajstić information content (AvgIpc) is 2.93. The van der Waals surface area contributed by atoms with Crippen molar-refractivity contribution in [3.63, 3.8) is 0 Å². The van der Waals surface area contributed by atoms with Gasteiger partial charge in [-0.2, -0.15) is 5.10 Å². The molecule has 0 unspecified atom stereocenters. The lowest BCUT2D eigenvalue weighted by atomic mass is 10.2. The van der Waals surface area contributed by atoms with Gasteiger partial charge in [-0.3, -0.25) is 4.68 Å². The average molecular weight is 279 g/mol. The highest BCUT2D eigenvalue weighted by atomic mass is 32.2. The molecule has 0 aliphatic carbocycles. The number of aryl methyl sites for hydroxylation is 2. The Morgan fingerprint density at radius 1 is 1.47 bits per heavy atom. The molecule has 0 aromatic carbocycles. The molecule has 0 spiro atoms. The molecule has 0 bridgehead atoms. The van der Waals surface area contributed by atoms with Crippen LogP contribution in [0.4, 0.5) is 0 Å². The van der Waals surface area contributed by atoms with Crippen molar-refractivity contribution in [2.75, 3.05) is 0 Å². The van der Waals surface area contributed by atoms with E-state index in [1.807, 2.05) is 23.9 Å². The van der Waals surface area contributed by atoms with Crippen molar-refractivity contribution in [3.05, 3.63) is 35.4 Å². The molecule has 0 fully saturated rings. The number of aromatic nitrogens is 2. The van der Waals surface area contributed by atoms with Gasteiger partial charge in [-0.25, -0.2) is 0 Å². The first kappa shape index (κ1) is 14.2. The minimum Gasteiger partial charge on any atom is -0.468 e. The normalized spacial score (nSPS) is 11.4. The quantitative estimate of drug-likeness (QED) is 0.825. The second-order valence-corrected chi connectivity index (χ2v) is 5.86. The topological polar surface area (TPSA) is 43.0 Å². The highest BCUT2D eigenvalue weighted by molar-refractivity contribution is 7.98. The van der Waals surface area contributed by atoms with Crippen LogP contribution in [0.5, 0.6) is 0 Å². The summed E-state index contributed by atoms with van der Waals surface area (Å²) in [5, 5.41) is 9.18. The zero-order valence-electron chi connectivity index (χ0n) is 11.9. The lowest BCUT2D eigenvalue weighted by molar-refractivity contribution is 0.530. The predicted molar refractivity (Wildman–Crippen MR) is 78.2 cm³/mol. The van der Waals surface area contributed by atoms with Crippen LogP contribution >= 0.6 is 11.8 Å². The molecule has 5 heteroatoms. The van der Waals surface area contributed by atoms with Crippen LogP contribution < -0.4 is 5.32 Å². The molecule has 0 saturated carbocycles. The molecule has 0 radical (unpaired) electrons. The van der Waals surface area contributed by atoms with Crippen LogP contribution in [0.25, 0.3) is 0 Å². The molecule has 2 aromatic rings. The predicted octanol–water partition coefficient (Wildman–Crippen LogP) is 3.11. The minimum absolute atomic E-state index is 0.475. The van der Waals surface area contributed by atoms with E-state index in [0.29, 0.717) is 6.04 Å². The van der Waals surface area contributed by atoms with Gasteiger partial charge in [-0.15, -0.1) is 0 Å². The molecule has 2 aromatic heterocycles. The van der Waals surface area contributed by atoms with E-state index in [1.54, 1.807) is 18.0 Å². The minimum atomic E-state index is 0.475. The SMILES string of the molecule is Cc1nn(C)c(SCc2ccco2)c1CNC(C)C. The summed E-state index contributed by atoms with van der Waals surface area (Å²) in [6, 6.07) is 4.40. The fraction of sp³-hybridized carbons (Fsp3) is 0.500. The molecule has 19 heavy (non-hydrogen) atoms. The van der Waals surface area contributed by atoms with Crippen LogP contribution in [0.3, 0.4) is 0 Å². The summed E-state index contributed by atoms with van der Waals surface area (Å²) < 4.78 is 7.33. The van der Waals surface area contributed by atoms with E-state index in [0.717, 1.165) is 23.8 Å². The number of rotatable bonds is 6. The summed E-state index contributed by atoms with van der Waals surface area (Å²) in [6.07, 6.45) is 1.71. The molecule has 104 valence electrons. The Morgan fingerprint density at radius 3 is 2.89 bits per heavy atom. The number of nitrogens with zero attached hydrogens (tertiary/aromatic N) is 2. The summed E-state index contributed by atoms with van der Waals surface area (Å²) >= 11 is 1.77. The zero-order chi connectivity index (χ0) is 13.8. The molecule has 0 aliphatic rings. The Morgan fingerprint density at radius 2 is 2.26 bits per heavy atom. The molecular weight excluding hydrogens is 258 g/mol. The largest absolute Gasteiger partial charge is 0.468 e. The monoisotopic (exact) mass is 279 g/mol. The van der Waals surface area contributed by atoms with E-state index >= 15 is 0 Å². The fourth-order valence-electron chi connectivity index (χ4n) is 1.91. The van der Waals surface area contributed by atoms with Crippen molar-refractivity contribution < 1.29 is 4.42 Å². The number of furan rings is 1. The molecular formula is C14H21N3OS. The third-order valence-corrected chi connectivity index (χ3v) is 4.12. The van der Waals surface area contributed by atoms with Crippen molar-refractivity contribution in [2.24, 2.45) is 7.05 Å².